The van der Waals surface area contributed by atoms with Crippen LogP contribution in [0.25, 0.3) is 0 Å². The molecular formula is C29H40F3N7O3. The van der Waals surface area contributed by atoms with E-state index in [-0.39, 0.29) is 35.7 Å². The Morgan fingerprint density at radius 2 is 1.79 bits per heavy atom. The fraction of sp³-hybridized carbons (Fsp3) is 0.586. The molecule has 1 aliphatic carbocycles. The summed E-state index contributed by atoms with van der Waals surface area (Å²) in [5.41, 5.74) is -0.202. The van der Waals surface area contributed by atoms with E-state index < -0.39 is 17.8 Å². The maximum Gasteiger partial charge on any atom is 0.421 e. The highest BCUT2D eigenvalue weighted by atomic mass is 19.4. The molecule has 13 heteroatoms. The average Bonchev–Trinajstić information content (AvgIpc) is 2.95. The van der Waals surface area contributed by atoms with E-state index in [1.807, 2.05) is 6.92 Å². The molecule has 1 aromatic heterocycles. The third-order valence-electron chi connectivity index (χ3n) is 7.77. The molecule has 4 N–H and O–H groups in total. The van der Waals surface area contributed by atoms with Crippen molar-refractivity contribution < 1.29 is 27.5 Å². The monoisotopic (exact) mass is 591 g/mol. The van der Waals surface area contributed by atoms with Crippen molar-refractivity contribution in [2.24, 2.45) is 0 Å². The van der Waals surface area contributed by atoms with Crippen LogP contribution < -0.4 is 26.0 Å². The second-order valence-corrected chi connectivity index (χ2v) is 11.0. The summed E-state index contributed by atoms with van der Waals surface area (Å²) in [6.07, 6.45) is 1.80. The number of nitrogens with one attached hydrogen (secondary N) is 4. The number of hydrogen-bond acceptors (Lipinski definition) is 8. The van der Waals surface area contributed by atoms with Gasteiger partial charge in [-0.2, -0.15) is 18.2 Å². The molecule has 2 heterocycles. The first-order valence-corrected chi connectivity index (χ1v) is 14.5. The Morgan fingerprint density at radius 3 is 2.45 bits per heavy atom. The Balaban J connectivity index is 1.52. The van der Waals surface area contributed by atoms with Crippen molar-refractivity contribution in [3.63, 3.8) is 0 Å². The summed E-state index contributed by atoms with van der Waals surface area (Å²) in [5, 5.41) is 11.9. The molecule has 4 rings (SSSR count). The molecule has 1 aromatic carbocycles. The highest BCUT2D eigenvalue weighted by Gasteiger charge is 2.37. The van der Waals surface area contributed by atoms with Crippen LogP contribution in [0.15, 0.2) is 24.4 Å². The second-order valence-electron chi connectivity index (χ2n) is 11.0. The first-order valence-electron chi connectivity index (χ1n) is 14.5. The van der Waals surface area contributed by atoms with Gasteiger partial charge in [0.25, 0.3) is 5.91 Å². The standard InChI is InChI=1S/C29H40F3N7O3/c1-4-7-25(40)35-21-8-5-6-9-22(21)36-26-20(29(30,31)32)17-33-28(38-26)37-23-11-10-18(16-24(23)42-3)27(41)34-19-12-14-39(2)15-13-19/h10-11,16-17,19,21-22H,4-9,12-15H2,1-3H3,(H,34,41)(H,35,40)(H2,33,36,37,38). The molecule has 2 fully saturated rings. The third-order valence-corrected chi connectivity index (χ3v) is 7.77. The number of anilines is 3. The highest BCUT2D eigenvalue weighted by molar-refractivity contribution is 5.95. The van der Waals surface area contributed by atoms with E-state index >= 15 is 0 Å². The predicted molar refractivity (Wildman–Crippen MR) is 154 cm³/mol. The molecule has 2 aliphatic rings. The van der Waals surface area contributed by atoms with Gasteiger partial charge in [-0.1, -0.05) is 19.8 Å². The molecule has 10 nitrogen and oxygen atoms in total. The van der Waals surface area contributed by atoms with Crippen molar-refractivity contribution in [2.45, 2.75) is 82.6 Å². The SMILES string of the molecule is CCCC(=O)NC1CCCCC1Nc1nc(Nc2ccc(C(=O)NC3CCN(C)CC3)cc2OC)ncc1C(F)(F)F. The number of amides is 2. The number of methoxy groups -OCH3 is 1. The minimum absolute atomic E-state index is 0.0743. The van der Waals surface area contributed by atoms with E-state index in [4.69, 9.17) is 4.74 Å². The quantitative estimate of drug-likeness (QED) is 0.314. The minimum Gasteiger partial charge on any atom is -0.495 e. The molecule has 2 unspecified atom stereocenters. The molecular weight excluding hydrogens is 551 g/mol. The summed E-state index contributed by atoms with van der Waals surface area (Å²) >= 11 is 0. The van der Waals surface area contributed by atoms with Crippen molar-refractivity contribution in [1.29, 1.82) is 0 Å². The van der Waals surface area contributed by atoms with Gasteiger partial charge in [0.1, 0.15) is 17.1 Å². The van der Waals surface area contributed by atoms with Crippen molar-refractivity contribution in [3.8, 4) is 5.75 Å². The summed E-state index contributed by atoms with van der Waals surface area (Å²) < 4.78 is 47.2. The lowest BCUT2D eigenvalue weighted by Crippen LogP contribution is -2.48. The normalized spacial score (nSPS) is 20.0. The van der Waals surface area contributed by atoms with Gasteiger partial charge in [0.2, 0.25) is 11.9 Å². The van der Waals surface area contributed by atoms with Gasteiger partial charge in [-0.15, -0.1) is 0 Å². The van der Waals surface area contributed by atoms with E-state index in [0.29, 0.717) is 42.7 Å². The Hall–Kier alpha value is -3.61. The number of aromatic nitrogens is 2. The molecule has 2 aromatic rings. The van der Waals surface area contributed by atoms with Gasteiger partial charge in [0.05, 0.1) is 12.8 Å². The van der Waals surface area contributed by atoms with Crippen molar-refractivity contribution in [1.82, 2.24) is 25.5 Å². The van der Waals surface area contributed by atoms with Crippen LogP contribution in [0.1, 0.15) is 74.2 Å². The number of hydrogen-bond donors (Lipinski definition) is 4. The molecule has 1 saturated heterocycles. The van der Waals surface area contributed by atoms with Crippen LogP contribution in [0, 0.1) is 0 Å². The van der Waals surface area contributed by atoms with Crippen LogP contribution in [0.2, 0.25) is 0 Å². The zero-order chi connectivity index (χ0) is 30.3. The average molecular weight is 592 g/mol. The van der Waals surface area contributed by atoms with Crippen LogP contribution in [0.3, 0.4) is 0 Å². The molecule has 1 saturated carbocycles. The number of carbonyl (C=O) groups is 2. The first kappa shape index (κ1) is 31.3. The Kier molecular flexibility index (Phi) is 10.5. The molecule has 0 radical (unpaired) electrons. The number of ether oxygens (including phenoxy) is 1. The van der Waals surface area contributed by atoms with Gasteiger partial charge in [0.15, 0.2) is 0 Å². The van der Waals surface area contributed by atoms with Gasteiger partial charge in [0, 0.05) is 36.3 Å². The summed E-state index contributed by atoms with van der Waals surface area (Å²) in [7, 11) is 3.49. The van der Waals surface area contributed by atoms with Gasteiger partial charge in [-0.25, -0.2) is 4.98 Å². The smallest absolute Gasteiger partial charge is 0.421 e. The zero-order valence-corrected chi connectivity index (χ0v) is 24.3. The van der Waals surface area contributed by atoms with Crippen molar-refractivity contribution in [3.05, 3.63) is 35.5 Å². The Morgan fingerprint density at radius 1 is 1.07 bits per heavy atom. The number of likely N-dealkylation sites (tertiary alicyclic amines) is 1. The van der Waals surface area contributed by atoms with Crippen molar-refractivity contribution >= 4 is 29.3 Å². The van der Waals surface area contributed by atoms with Crippen LogP contribution in [-0.2, 0) is 11.0 Å². The van der Waals surface area contributed by atoms with Gasteiger partial charge < -0.3 is 30.9 Å². The Labute approximate surface area is 244 Å². The highest BCUT2D eigenvalue weighted by Crippen LogP contribution is 2.36. The molecule has 0 spiro atoms. The first-order chi connectivity index (χ1) is 20.1. The van der Waals surface area contributed by atoms with Crippen molar-refractivity contribution in [2.75, 3.05) is 37.9 Å². The maximum atomic E-state index is 13.9. The molecule has 1 aliphatic heterocycles. The van der Waals surface area contributed by atoms with Gasteiger partial charge in [-0.05, 0) is 70.4 Å². The van der Waals surface area contributed by atoms with E-state index in [2.05, 4.69) is 43.2 Å². The summed E-state index contributed by atoms with van der Waals surface area (Å²) in [6, 6.07) is 4.16. The number of piperidine rings is 1. The molecule has 0 bridgehead atoms. The molecule has 230 valence electrons. The van der Waals surface area contributed by atoms with E-state index in [1.165, 1.54) is 7.11 Å². The lowest BCUT2D eigenvalue weighted by atomic mass is 9.90. The van der Waals surface area contributed by atoms with E-state index in [9.17, 15) is 22.8 Å². The number of halogens is 3. The van der Waals surface area contributed by atoms with Crippen LogP contribution in [-0.4, -0.2) is 72.1 Å². The molecule has 42 heavy (non-hydrogen) atoms. The number of rotatable bonds is 10. The lowest BCUT2D eigenvalue weighted by Gasteiger charge is -2.33. The number of nitrogens with zero attached hydrogens (tertiary/aromatic N) is 3. The van der Waals surface area contributed by atoms with Gasteiger partial charge in [-0.3, -0.25) is 9.59 Å². The zero-order valence-electron chi connectivity index (χ0n) is 24.3. The lowest BCUT2D eigenvalue weighted by molar-refractivity contribution is -0.137. The predicted octanol–water partition coefficient (Wildman–Crippen LogP) is 4.71. The number of carbonyl (C=O) groups excluding carboxylic acids is 2. The minimum atomic E-state index is -4.68. The fourth-order valence-electron chi connectivity index (χ4n) is 5.40. The van der Waals surface area contributed by atoms with Crippen LogP contribution >= 0.6 is 0 Å². The largest absolute Gasteiger partial charge is 0.495 e. The van der Waals surface area contributed by atoms with E-state index in [0.717, 1.165) is 45.0 Å². The fourth-order valence-corrected chi connectivity index (χ4v) is 5.40. The van der Waals surface area contributed by atoms with Gasteiger partial charge >= 0.3 is 6.18 Å². The Bertz CT molecular complexity index is 1240. The van der Waals surface area contributed by atoms with Crippen LogP contribution in [0.5, 0.6) is 5.75 Å². The second kappa shape index (κ2) is 14.0. The molecule has 2 atom stereocenters. The number of alkyl halides is 3. The topological polar surface area (TPSA) is 121 Å². The molecule has 2 amide bonds. The third kappa shape index (κ3) is 8.24. The maximum absolute atomic E-state index is 13.9. The van der Waals surface area contributed by atoms with Crippen LogP contribution in [0.4, 0.5) is 30.6 Å². The summed E-state index contributed by atoms with van der Waals surface area (Å²) in [4.78, 5) is 35.4. The summed E-state index contributed by atoms with van der Waals surface area (Å²) in [6.45, 7) is 3.72. The summed E-state index contributed by atoms with van der Waals surface area (Å²) in [5.74, 6) is -0.466. The number of benzene rings is 1. The van der Waals surface area contributed by atoms with E-state index in [1.54, 1.807) is 18.2 Å².